The molecule has 1 aliphatic heterocycles. The van der Waals surface area contributed by atoms with E-state index in [1.807, 2.05) is 66.4 Å². The first-order chi connectivity index (χ1) is 21.2. The van der Waals surface area contributed by atoms with Crippen LogP contribution < -0.4 is 21.1 Å². The Balaban J connectivity index is 1.41. The first kappa shape index (κ1) is 32.0. The number of hydrogen-bond acceptors (Lipinski definition) is 6. The van der Waals surface area contributed by atoms with Crippen LogP contribution in [0.1, 0.15) is 41.5 Å². The summed E-state index contributed by atoms with van der Waals surface area (Å²) in [6, 6.07) is 18.3. The molecule has 0 spiro atoms. The Morgan fingerprint density at radius 2 is 1.89 bits per heavy atom. The highest BCUT2D eigenvalue weighted by Gasteiger charge is 2.25. The number of aliphatic carboxylic acids is 1. The Morgan fingerprint density at radius 3 is 2.64 bits per heavy atom. The summed E-state index contributed by atoms with van der Waals surface area (Å²) in [4.78, 5) is 47.4. The van der Waals surface area contributed by atoms with Crippen LogP contribution >= 0.6 is 0 Å². The highest BCUT2D eigenvalue weighted by Crippen LogP contribution is 2.36. The molecule has 4 rings (SSSR count). The number of carbonyl (C=O) groups excluding carboxylic acids is 2. The molecule has 0 aromatic heterocycles. The van der Waals surface area contributed by atoms with E-state index in [0.29, 0.717) is 32.4 Å². The number of benzene rings is 3. The molecule has 11 heteroatoms. The lowest BCUT2D eigenvalue weighted by Gasteiger charge is -2.31. The van der Waals surface area contributed by atoms with E-state index in [9.17, 15) is 19.5 Å². The quantitative estimate of drug-likeness (QED) is 0.0828. The summed E-state index contributed by atoms with van der Waals surface area (Å²) in [5, 5.41) is 10.2. The molecule has 5 N–H and O–H groups in total. The molecular weight excluding hydrogens is 562 g/mol. The van der Waals surface area contributed by atoms with Gasteiger partial charge >= 0.3 is 5.97 Å². The molecule has 1 aliphatic rings. The number of carbonyl (C=O) groups is 3. The predicted octanol–water partition coefficient (Wildman–Crippen LogP) is 3.73. The Hall–Kier alpha value is -4.90. The van der Waals surface area contributed by atoms with Crippen molar-refractivity contribution in [1.82, 2.24) is 5.06 Å². The number of carboxylic acids is 1. The Kier molecular flexibility index (Phi) is 10.9. The fourth-order valence-corrected chi connectivity index (χ4v) is 5.21. The topological polar surface area (TPSA) is 161 Å². The minimum Gasteiger partial charge on any atom is -0.493 e. The van der Waals surface area contributed by atoms with Gasteiger partial charge in [0.05, 0.1) is 13.2 Å². The highest BCUT2D eigenvalue weighted by molar-refractivity contribution is 5.96. The molecule has 0 unspecified atom stereocenters. The number of carboxylic acid groups (broad SMARTS) is 1. The standard InChI is InChI=1S/C33H39N5O6/c1-22-8-3-14-30(23(22)2)43-17-7-15-31(40)38-16-6-12-27-26(11-5-13-29(27)38)25-10-4-9-24(18-25)20-44-37(21-39)19-28(32(41)42)36-33(34)35/h3-5,8-11,13-14,18,21,28H,6-7,12,15-17,19-20H2,1-2H3,(H,41,42)(H4,34,35,36)/t28-/m0/s1. The van der Waals surface area contributed by atoms with Gasteiger partial charge in [0.2, 0.25) is 12.3 Å². The van der Waals surface area contributed by atoms with Crippen LogP contribution in [0.3, 0.4) is 0 Å². The van der Waals surface area contributed by atoms with Crippen molar-refractivity contribution in [3.8, 4) is 16.9 Å². The second-order valence-electron chi connectivity index (χ2n) is 10.7. The number of rotatable bonds is 14. The van der Waals surface area contributed by atoms with Crippen molar-refractivity contribution >= 4 is 29.9 Å². The van der Waals surface area contributed by atoms with Gasteiger partial charge in [-0.3, -0.25) is 14.4 Å². The number of guanidine groups is 1. The van der Waals surface area contributed by atoms with Crippen molar-refractivity contribution in [3.05, 3.63) is 82.9 Å². The highest BCUT2D eigenvalue weighted by atomic mass is 16.7. The third kappa shape index (κ3) is 8.13. The predicted molar refractivity (Wildman–Crippen MR) is 168 cm³/mol. The molecule has 1 atom stereocenters. The normalized spacial score (nSPS) is 13.0. The maximum Gasteiger partial charge on any atom is 0.330 e. The largest absolute Gasteiger partial charge is 0.493 e. The molecule has 3 aromatic carbocycles. The van der Waals surface area contributed by atoms with Gasteiger partial charge in [0.25, 0.3) is 0 Å². The van der Waals surface area contributed by atoms with E-state index in [0.717, 1.165) is 57.2 Å². The van der Waals surface area contributed by atoms with Crippen LogP contribution in [0.25, 0.3) is 11.1 Å². The van der Waals surface area contributed by atoms with Crippen LogP contribution in [0, 0.1) is 13.8 Å². The van der Waals surface area contributed by atoms with Crippen LogP contribution in [-0.4, -0.2) is 60.2 Å². The third-order valence-electron chi connectivity index (χ3n) is 7.59. The number of nitrogens with two attached hydrogens (primary N) is 2. The maximum atomic E-state index is 13.3. The number of amides is 2. The van der Waals surface area contributed by atoms with E-state index in [2.05, 4.69) is 18.0 Å². The molecule has 232 valence electrons. The average molecular weight is 602 g/mol. The van der Waals surface area contributed by atoms with Crippen LogP contribution in [0.5, 0.6) is 5.75 Å². The molecule has 2 amide bonds. The lowest BCUT2D eigenvalue weighted by Crippen LogP contribution is -2.38. The average Bonchev–Trinajstić information content (AvgIpc) is 3.01. The summed E-state index contributed by atoms with van der Waals surface area (Å²) in [5.74, 6) is -0.760. The molecule has 1 heterocycles. The van der Waals surface area contributed by atoms with Gasteiger partial charge in [0, 0.05) is 18.7 Å². The summed E-state index contributed by atoms with van der Waals surface area (Å²) >= 11 is 0. The summed E-state index contributed by atoms with van der Waals surface area (Å²) in [7, 11) is 0. The van der Waals surface area contributed by atoms with Gasteiger partial charge in [0.1, 0.15) is 12.4 Å². The second-order valence-corrected chi connectivity index (χ2v) is 10.7. The van der Waals surface area contributed by atoms with E-state index >= 15 is 0 Å². The van der Waals surface area contributed by atoms with E-state index in [1.165, 1.54) is 5.56 Å². The fraction of sp³-hybridized carbons (Fsp3) is 0.333. The molecular formula is C33H39N5O6. The van der Waals surface area contributed by atoms with E-state index in [4.69, 9.17) is 21.0 Å². The smallest absolute Gasteiger partial charge is 0.330 e. The number of aryl methyl sites for hydroxylation is 1. The molecule has 0 fully saturated rings. The van der Waals surface area contributed by atoms with Crippen LogP contribution in [0.4, 0.5) is 5.69 Å². The lowest BCUT2D eigenvalue weighted by molar-refractivity contribution is -0.180. The van der Waals surface area contributed by atoms with Gasteiger partial charge in [-0.05, 0) is 84.7 Å². The van der Waals surface area contributed by atoms with Crippen LogP contribution in [0.15, 0.2) is 65.7 Å². The van der Waals surface area contributed by atoms with Crippen molar-refractivity contribution in [2.75, 3.05) is 24.6 Å². The van der Waals surface area contributed by atoms with Crippen molar-refractivity contribution in [1.29, 1.82) is 0 Å². The third-order valence-corrected chi connectivity index (χ3v) is 7.59. The van der Waals surface area contributed by atoms with Gasteiger partial charge < -0.3 is 26.2 Å². The molecule has 3 aromatic rings. The number of nitrogens with zero attached hydrogens (tertiary/aromatic N) is 3. The van der Waals surface area contributed by atoms with E-state index in [-0.39, 0.29) is 19.1 Å². The molecule has 0 radical (unpaired) electrons. The maximum absolute atomic E-state index is 13.3. The molecule has 0 bridgehead atoms. The monoisotopic (exact) mass is 601 g/mol. The second kappa shape index (κ2) is 15.0. The SMILES string of the molecule is Cc1cccc(OCCCC(=O)N2CCCc3c(-c4cccc(CON(C=O)C[C@H](N=C(N)N)C(=O)O)c4)cccc32)c1C. The number of hydrogen-bond donors (Lipinski definition) is 3. The molecule has 0 aliphatic carbocycles. The number of fused-ring (bicyclic) bond motifs is 1. The molecule has 0 saturated carbocycles. The van der Waals surface area contributed by atoms with Gasteiger partial charge in [-0.2, -0.15) is 0 Å². The van der Waals surface area contributed by atoms with Gasteiger partial charge in [-0.15, -0.1) is 0 Å². The Labute approximate surface area is 257 Å². The van der Waals surface area contributed by atoms with Gasteiger partial charge in [-0.1, -0.05) is 42.5 Å². The first-order valence-corrected chi connectivity index (χ1v) is 14.5. The zero-order chi connectivity index (χ0) is 31.6. The zero-order valence-electron chi connectivity index (χ0n) is 25.1. The van der Waals surface area contributed by atoms with Crippen LogP contribution in [0.2, 0.25) is 0 Å². The summed E-state index contributed by atoms with van der Waals surface area (Å²) in [6.45, 7) is 4.89. The van der Waals surface area contributed by atoms with E-state index in [1.54, 1.807) is 0 Å². The Bertz CT molecular complexity index is 1520. The fourth-order valence-electron chi connectivity index (χ4n) is 5.21. The summed E-state index contributed by atoms with van der Waals surface area (Å²) in [5.41, 5.74) is 17.7. The van der Waals surface area contributed by atoms with Crippen molar-refractivity contribution in [2.45, 2.75) is 52.2 Å². The summed E-state index contributed by atoms with van der Waals surface area (Å²) < 4.78 is 5.95. The lowest BCUT2D eigenvalue weighted by atomic mass is 9.91. The number of hydroxylamine groups is 2. The van der Waals surface area contributed by atoms with Crippen molar-refractivity contribution in [3.63, 3.8) is 0 Å². The molecule has 11 nitrogen and oxygen atoms in total. The van der Waals surface area contributed by atoms with Crippen LogP contribution in [-0.2, 0) is 32.2 Å². The summed E-state index contributed by atoms with van der Waals surface area (Å²) in [6.07, 6.45) is 3.09. The van der Waals surface area contributed by atoms with E-state index < -0.39 is 18.0 Å². The number of anilines is 1. The van der Waals surface area contributed by atoms with Gasteiger partial charge in [0.15, 0.2) is 12.0 Å². The number of aliphatic imine (C=N–C) groups is 1. The zero-order valence-corrected chi connectivity index (χ0v) is 25.1. The Morgan fingerprint density at radius 1 is 1.11 bits per heavy atom. The molecule has 44 heavy (non-hydrogen) atoms. The number of ether oxygens (including phenoxy) is 1. The van der Waals surface area contributed by atoms with Crippen molar-refractivity contribution in [2.24, 2.45) is 16.5 Å². The minimum atomic E-state index is -1.36. The van der Waals surface area contributed by atoms with Gasteiger partial charge in [-0.25, -0.2) is 14.9 Å². The first-order valence-electron chi connectivity index (χ1n) is 14.5. The minimum absolute atomic E-state index is 0.0184. The van der Waals surface area contributed by atoms with Crippen molar-refractivity contribution < 1.29 is 29.1 Å². The molecule has 0 saturated heterocycles.